The zero-order chi connectivity index (χ0) is 16.6. The van der Waals surface area contributed by atoms with Crippen molar-refractivity contribution in [1.29, 1.82) is 0 Å². The van der Waals surface area contributed by atoms with Gasteiger partial charge in [-0.3, -0.25) is 0 Å². The second-order valence-corrected chi connectivity index (χ2v) is 6.46. The summed E-state index contributed by atoms with van der Waals surface area (Å²) in [5, 5.41) is 13.9. The highest BCUT2D eigenvalue weighted by Crippen LogP contribution is 2.33. The summed E-state index contributed by atoms with van der Waals surface area (Å²) in [6.45, 7) is 3.23. The van der Waals surface area contributed by atoms with E-state index in [1.165, 1.54) is 0 Å². The van der Waals surface area contributed by atoms with Crippen LogP contribution >= 0.6 is 11.6 Å². The Labute approximate surface area is 139 Å². The van der Waals surface area contributed by atoms with Crippen LogP contribution in [0.15, 0.2) is 48.5 Å². The van der Waals surface area contributed by atoms with Crippen molar-refractivity contribution in [3.63, 3.8) is 0 Å². The Kier molecular flexibility index (Phi) is 3.78. The van der Waals surface area contributed by atoms with Crippen LogP contribution < -0.4 is 5.32 Å². The number of aliphatic carboxylic acids is 1. The maximum Gasteiger partial charge on any atom is 0.328 e. The van der Waals surface area contributed by atoms with Crippen LogP contribution in [0.25, 0.3) is 22.2 Å². The lowest BCUT2D eigenvalue weighted by atomic mass is 10.1. The van der Waals surface area contributed by atoms with Crippen molar-refractivity contribution in [3.8, 4) is 11.3 Å². The van der Waals surface area contributed by atoms with E-state index in [1.807, 2.05) is 42.5 Å². The lowest BCUT2D eigenvalue weighted by Crippen LogP contribution is -2.40. The van der Waals surface area contributed by atoms with Gasteiger partial charge in [-0.1, -0.05) is 41.9 Å². The molecule has 0 amide bonds. The molecule has 0 fully saturated rings. The normalized spacial score (nSPS) is 11.6. The highest BCUT2D eigenvalue weighted by atomic mass is 35.5. The average Bonchev–Trinajstić information content (AvgIpc) is 2.91. The Morgan fingerprint density at radius 1 is 1.17 bits per heavy atom. The first-order chi connectivity index (χ1) is 10.9. The van der Waals surface area contributed by atoms with Crippen LogP contribution in [0.5, 0.6) is 0 Å². The van der Waals surface area contributed by atoms with Crippen LogP contribution in [0.4, 0.5) is 5.69 Å². The van der Waals surface area contributed by atoms with Crippen molar-refractivity contribution in [1.82, 2.24) is 4.98 Å². The van der Waals surface area contributed by atoms with Crippen LogP contribution in [-0.4, -0.2) is 21.6 Å². The fraction of sp³-hybridized carbons (Fsp3) is 0.167. The molecule has 0 aliphatic rings. The van der Waals surface area contributed by atoms with Gasteiger partial charge in [0.2, 0.25) is 0 Å². The molecule has 0 saturated carbocycles. The van der Waals surface area contributed by atoms with Gasteiger partial charge < -0.3 is 15.4 Å². The van der Waals surface area contributed by atoms with E-state index in [4.69, 9.17) is 11.6 Å². The number of nitrogens with one attached hydrogen (secondary N) is 2. The number of rotatable bonds is 4. The van der Waals surface area contributed by atoms with E-state index in [2.05, 4.69) is 10.3 Å². The van der Waals surface area contributed by atoms with Crippen molar-refractivity contribution >= 4 is 34.2 Å². The summed E-state index contributed by atoms with van der Waals surface area (Å²) >= 11 is 6.19. The third kappa shape index (κ3) is 3.03. The molecule has 0 saturated heterocycles. The zero-order valence-corrected chi connectivity index (χ0v) is 13.6. The van der Waals surface area contributed by atoms with E-state index in [1.54, 1.807) is 19.9 Å². The molecule has 3 N–H and O–H groups in total. The van der Waals surface area contributed by atoms with Crippen molar-refractivity contribution in [3.05, 3.63) is 53.6 Å². The number of aromatic amines is 1. The predicted molar refractivity (Wildman–Crippen MR) is 94.1 cm³/mol. The van der Waals surface area contributed by atoms with Gasteiger partial charge in [0, 0.05) is 16.1 Å². The summed E-state index contributed by atoms with van der Waals surface area (Å²) in [4.78, 5) is 14.7. The Morgan fingerprint density at radius 2 is 1.87 bits per heavy atom. The van der Waals surface area contributed by atoms with Gasteiger partial charge in [0.1, 0.15) is 5.54 Å². The van der Waals surface area contributed by atoms with Crippen molar-refractivity contribution in [2.75, 3.05) is 5.32 Å². The second-order valence-electron chi connectivity index (χ2n) is 6.02. The van der Waals surface area contributed by atoms with Crippen LogP contribution in [0.3, 0.4) is 0 Å². The van der Waals surface area contributed by atoms with E-state index in [0.717, 1.165) is 22.2 Å². The number of H-pyrrole nitrogens is 1. The van der Waals surface area contributed by atoms with Gasteiger partial charge in [0.05, 0.1) is 11.2 Å². The standard InChI is InChI=1S/C18H17ClN2O2/c1-18(2,17(22)23)21-15-10-13(19)8-12-9-14(20-16(12)15)11-6-4-3-5-7-11/h3-10,20-21H,1-2H3,(H,22,23). The van der Waals surface area contributed by atoms with Gasteiger partial charge in [-0.2, -0.15) is 0 Å². The zero-order valence-electron chi connectivity index (χ0n) is 12.9. The first kappa shape index (κ1) is 15.4. The van der Waals surface area contributed by atoms with Crippen LogP contribution in [0, 0.1) is 0 Å². The number of carboxylic acid groups (broad SMARTS) is 1. The number of hydrogen-bond donors (Lipinski definition) is 3. The predicted octanol–water partition coefficient (Wildman–Crippen LogP) is 4.76. The Hall–Kier alpha value is -2.46. The number of carboxylic acids is 1. The van der Waals surface area contributed by atoms with E-state index in [9.17, 15) is 9.90 Å². The van der Waals surface area contributed by atoms with Gasteiger partial charge in [-0.15, -0.1) is 0 Å². The lowest BCUT2D eigenvalue weighted by molar-refractivity contribution is -0.141. The molecule has 23 heavy (non-hydrogen) atoms. The quantitative estimate of drug-likeness (QED) is 0.646. The van der Waals surface area contributed by atoms with Gasteiger partial charge in [0.25, 0.3) is 0 Å². The summed E-state index contributed by atoms with van der Waals surface area (Å²) in [7, 11) is 0. The largest absolute Gasteiger partial charge is 0.480 e. The molecule has 1 heterocycles. The molecule has 0 unspecified atom stereocenters. The molecule has 1 aromatic heterocycles. The van der Waals surface area contributed by atoms with E-state index in [-0.39, 0.29) is 0 Å². The number of aromatic nitrogens is 1. The summed E-state index contributed by atoms with van der Waals surface area (Å²) in [6, 6.07) is 15.5. The van der Waals surface area contributed by atoms with Crippen molar-refractivity contribution in [2.45, 2.75) is 19.4 Å². The van der Waals surface area contributed by atoms with Gasteiger partial charge in [-0.25, -0.2) is 4.79 Å². The molecule has 0 aliphatic heterocycles. The summed E-state index contributed by atoms with van der Waals surface area (Å²) in [5.41, 5.74) is 2.42. The molecule has 0 atom stereocenters. The van der Waals surface area contributed by atoms with Crippen LogP contribution in [0.2, 0.25) is 5.02 Å². The minimum atomic E-state index is -1.10. The fourth-order valence-electron chi connectivity index (χ4n) is 2.47. The average molecular weight is 329 g/mol. The Bertz CT molecular complexity index is 869. The molecular weight excluding hydrogens is 312 g/mol. The van der Waals surface area contributed by atoms with Gasteiger partial charge in [-0.05, 0) is 37.6 Å². The maximum absolute atomic E-state index is 11.4. The number of fused-ring (bicyclic) bond motifs is 1. The van der Waals surface area contributed by atoms with E-state index >= 15 is 0 Å². The van der Waals surface area contributed by atoms with Crippen molar-refractivity contribution < 1.29 is 9.90 Å². The Balaban J connectivity index is 2.12. The highest BCUT2D eigenvalue weighted by Gasteiger charge is 2.27. The monoisotopic (exact) mass is 328 g/mol. The lowest BCUT2D eigenvalue weighted by Gasteiger charge is -2.23. The van der Waals surface area contributed by atoms with E-state index in [0.29, 0.717) is 10.7 Å². The smallest absolute Gasteiger partial charge is 0.328 e. The first-order valence-electron chi connectivity index (χ1n) is 7.26. The number of benzene rings is 2. The fourth-order valence-corrected chi connectivity index (χ4v) is 2.70. The molecule has 2 aromatic carbocycles. The summed E-state index contributed by atoms with van der Waals surface area (Å²) < 4.78 is 0. The van der Waals surface area contributed by atoms with Gasteiger partial charge >= 0.3 is 5.97 Å². The third-order valence-corrected chi connectivity index (χ3v) is 3.98. The molecule has 0 spiro atoms. The van der Waals surface area contributed by atoms with Crippen molar-refractivity contribution in [2.24, 2.45) is 0 Å². The second kappa shape index (κ2) is 5.63. The SMILES string of the molecule is CC(C)(Nc1cc(Cl)cc2cc(-c3ccccc3)[nH]c12)C(=O)O. The number of anilines is 1. The van der Waals surface area contributed by atoms with E-state index < -0.39 is 11.5 Å². The third-order valence-electron chi connectivity index (χ3n) is 3.76. The first-order valence-corrected chi connectivity index (χ1v) is 7.64. The van der Waals surface area contributed by atoms with Crippen LogP contribution in [0.1, 0.15) is 13.8 Å². The molecule has 3 rings (SSSR count). The molecule has 0 radical (unpaired) electrons. The summed E-state index contributed by atoms with van der Waals surface area (Å²) in [5.74, 6) is -0.930. The minimum absolute atomic E-state index is 0.555. The molecular formula is C18H17ClN2O2. The Morgan fingerprint density at radius 3 is 2.52 bits per heavy atom. The number of carbonyl (C=O) groups is 1. The molecule has 5 heteroatoms. The topological polar surface area (TPSA) is 65.1 Å². The molecule has 0 aliphatic carbocycles. The number of halogens is 1. The maximum atomic E-state index is 11.4. The number of hydrogen-bond acceptors (Lipinski definition) is 2. The molecule has 0 bridgehead atoms. The highest BCUT2D eigenvalue weighted by molar-refractivity contribution is 6.32. The van der Waals surface area contributed by atoms with Gasteiger partial charge in [0.15, 0.2) is 0 Å². The minimum Gasteiger partial charge on any atom is -0.480 e. The molecule has 3 aromatic rings. The molecule has 4 nitrogen and oxygen atoms in total. The summed E-state index contributed by atoms with van der Waals surface area (Å²) in [6.07, 6.45) is 0. The van der Waals surface area contributed by atoms with Crippen LogP contribution in [-0.2, 0) is 4.79 Å². The molecule has 118 valence electrons.